The van der Waals surface area contributed by atoms with Gasteiger partial charge in [0, 0.05) is 16.1 Å². The summed E-state index contributed by atoms with van der Waals surface area (Å²) in [5.74, 6) is -0.969. The number of rotatable bonds is 3. The van der Waals surface area contributed by atoms with Crippen molar-refractivity contribution in [3.05, 3.63) is 39.9 Å². The highest BCUT2D eigenvalue weighted by molar-refractivity contribution is 6.34. The van der Waals surface area contributed by atoms with Gasteiger partial charge in [-0.2, -0.15) is 0 Å². The molecule has 1 rings (SSSR count). The quantitative estimate of drug-likeness (QED) is 0.820. The van der Waals surface area contributed by atoms with Crippen molar-refractivity contribution in [3.63, 3.8) is 0 Å². The third-order valence-electron chi connectivity index (χ3n) is 1.91. The third-order valence-corrected chi connectivity index (χ3v) is 2.35. The molecule has 0 amide bonds. The number of hydrogen-bond acceptors (Lipinski definition) is 1. The topological polar surface area (TPSA) is 37.3 Å². The largest absolute Gasteiger partial charge is 0.478 e. The Morgan fingerprint density at radius 3 is 2.27 bits per heavy atom. The zero-order chi connectivity index (χ0) is 11.4. The predicted octanol–water partition coefficient (Wildman–Crippen LogP) is 3.87. The van der Waals surface area contributed by atoms with Crippen LogP contribution in [0, 0.1) is 0 Å². The molecule has 0 fully saturated rings. The molecule has 0 aliphatic carbocycles. The number of aliphatic carboxylic acids is 1. The average Bonchev–Trinajstić information content (AvgIpc) is 2.12. The minimum atomic E-state index is -0.969. The predicted molar refractivity (Wildman–Crippen MR) is 62.4 cm³/mol. The van der Waals surface area contributed by atoms with Crippen LogP contribution in [0.2, 0.25) is 10.0 Å². The van der Waals surface area contributed by atoms with Gasteiger partial charge in [0.15, 0.2) is 0 Å². The van der Waals surface area contributed by atoms with Crippen molar-refractivity contribution in [2.75, 3.05) is 0 Å². The van der Waals surface area contributed by atoms with Crippen LogP contribution in [-0.4, -0.2) is 11.1 Å². The summed E-state index contributed by atoms with van der Waals surface area (Å²) >= 11 is 11.7. The molecule has 0 atom stereocenters. The smallest absolute Gasteiger partial charge is 0.328 e. The Labute approximate surface area is 98.1 Å². The molecule has 0 heterocycles. The van der Waals surface area contributed by atoms with E-state index in [0.29, 0.717) is 22.0 Å². The summed E-state index contributed by atoms with van der Waals surface area (Å²) in [6.07, 6.45) is 1.78. The van der Waals surface area contributed by atoms with Gasteiger partial charge < -0.3 is 5.11 Å². The number of carbonyl (C=O) groups is 1. The SMILES string of the molecule is CC/C(=C\C(=O)O)c1cc(Cl)cc(Cl)c1. The molecule has 1 N–H and O–H groups in total. The van der Waals surface area contributed by atoms with Crippen LogP contribution in [0.25, 0.3) is 5.57 Å². The van der Waals surface area contributed by atoms with Crippen LogP contribution in [-0.2, 0) is 4.79 Å². The fraction of sp³-hybridized carbons (Fsp3) is 0.182. The highest BCUT2D eigenvalue weighted by Gasteiger charge is 2.04. The van der Waals surface area contributed by atoms with Crippen LogP contribution >= 0.6 is 23.2 Å². The Kier molecular flexibility index (Phi) is 4.18. The molecule has 0 aliphatic rings. The molecule has 0 saturated carbocycles. The second kappa shape index (κ2) is 5.19. The van der Waals surface area contributed by atoms with Crippen molar-refractivity contribution in [1.82, 2.24) is 0 Å². The first-order valence-corrected chi connectivity index (χ1v) is 5.18. The van der Waals surface area contributed by atoms with Crippen molar-refractivity contribution < 1.29 is 9.90 Å². The number of halogens is 2. The summed E-state index contributed by atoms with van der Waals surface area (Å²) in [5, 5.41) is 9.68. The maximum absolute atomic E-state index is 10.6. The first kappa shape index (κ1) is 12.1. The van der Waals surface area contributed by atoms with E-state index < -0.39 is 5.97 Å². The van der Waals surface area contributed by atoms with E-state index in [4.69, 9.17) is 28.3 Å². The minimum absolute atomic E-state index is 0.502. The summed E-state index contributed by atoms with van der Waals surface area (Å²) in [6.45, 7) is 1.88. The van der Waals surface area contributed by atoms with Crippen LogP contribution in [0.15, 0.2) is 24.3 Å². The highest BCUT2D eigenvalue weighted by Crippen LogP contribution is 2.25. The molecule has 0 saturated heterocycles. The van der Waals surface area contributed by atoms with Crippen LogP contribution in [0.1, 0.15) is 18.9 Å². The van der Waals surface area contributed by atoms with Crippen molar-refractivity contribution >= 4 is 34.7 Å². The van der Waals surface area contributed by atoms with Crippen molar-refractivity contribution in [1.29, 1.82) is 0 Å². The van der Waals surface area contributed by atoms with Gasteiger partial charge in [0.05, 0.1) is 0 Å². The number of carboxylic acid groups (broad SMARTS) is 1. The van der Waals surface area contributed by atoms with E-state index >= 15 is 0 Å². The summed E-state index contributed by atoms with van der Waals surface area (Å²) in [7, 11) is 0. The molecule has 0 aliphatic heterocycles. The van der Waals surface area contributed by atoms with Crippen molar-refractivity contribution in [2.45, 2.75) is 13.3 Å². The van der Waals surface area contributed by atoms with E-state index in [9.17, 15) is 4.79 Å². The molecule has 0 bridgehead atoms. The molecule has 4 heteroatoms. The molecule has 0 unspecified atom stereocenters. The number of allylic oxidation sites excluding steroid dienone is 1. The van der Waals surface area contributed by atoms with Crippen LogP contribution < -0.4 is 0 Å². The maximum Gasteiger partial charge on any atom is 0.328 e. The van der Waals surface area contributed by atoms with Gasteiger partial charge in [0.2, 0.25) is 0 Å². The zero-order valence-corrected chi connectivity index (χ0v) is 9.64. The van der Waals surface area contributed by atoms with Gasteiger partial charge in [-0.1, -0.05) is 30.1 Å². The normalized spacial score (nSPS) is 11.5. The van der Waals surface area contributed by atoms with E-state index in [-0.39, 0.29) is 0 Å². The Balaban J connectivity index is 3.18. The Morgan fingerprint density at radius 1 is 1.33 bits per heavy atom. The van der Waals surface area contributed by atoms with Crippen LogP contribution in [0.3, 0.4) is 0 Å². The van der Waals surface area contributed by atoms with Gasteiger partial charge in [-0.3, -0.25) is 0 Å². The lowest BCUT2D eigenvalue weighted by Gasteiger charge is -2.05. The minimum Gasteiger partial charge on any atom is -0.478 e. The van der Waals surface area contributed by atoms with E-state index in [0.717, 1.165) is 5.56 Å². The van der Waals surface area contributed by atoms with Gasteiger partial charge in [0.1, 0.15) is 0 Å². The second-order valence-electron chi connectivity index (χ2n) is 3.02. The summed E-state index contributed by atoms with van der Waals surface area (Å²) in [5.41, 5.74) is 1.45. The molecule has 0 radical (unpaired) electrons. The fourth-order valence-corrected chi connectivity index (χ4v) is 1.80. The standard InChI is InChI=1S/C11H10Cl2O2/c1-2-7(5-11(14)15)8-3-9(12)6-10(13)4-8/h3-6H,2H2,1H3,(H,14,15)/b7-5+. The first-order chi connectivity index (χ1) is 7.02. The molecule has 0 aromatic heterocycles. The van der Waals surface area contributed by atoms with Gasteiger partial charge in [0.25, 0.3) is 0 Å². The van der Waals surface area contributed by atoms with Gasteiger partial charge in [-0.15, -0.1) is 0 Å². The van der Waals surface area contributed by atoms with Gasteiger partial charge in [-0.25, -0.2) is 4.79 Å². The number of benzene rings is 1. The molecular formula is C11H10Cl2O2. The lowest BCUT2D eigenvalue weighted by molar-refractivity contribution is -0.131. The van der Waals surface area contributed by atoms with Crippen LogP contribution in [0.4, 0.5) is 0 Å². The average molecular weight is 245 g/mol. The van der Waals surface area contributed by atoms with Crippen LogP contribution in [0.5, 0.6) is 0 Å². The summed E-state index contributed by atoms with van der Waals surface area (Å²) in [6, 6.07) is 5.01. The van der Waals surface area contributed by atoms with E-state index in [2.05, 4.69) is 0 Å². The molecule has 80 valence electrons. The molecule has 2 nitrogen and oxygen atoms in total. The second-order valence-corrected chi connectivity index (χ2v) is 3.89. The van der Waals surface area contributed by atoms with Gasteiger partial charge in [-0.05, 0) is 35.8 Å². The monoisotopic (exact) mass is 244 g/mol. The van der Waals surface area contributed by atoms with Crippen molar-refractivity contribution in [3.8, 4) is 0 Å². The summed E-state index contributed by atoms with van der Waals surface area (Å²) < 4.78 is 0. The van der Waals surface area contributed by atoms with E-state index in [1.807, 2.05) is 6.92 Å². The Bertz CT molecular complexity index is 391. The number of hydrogen-bond donors (Lipinski definition) is 1. The molecule has 1 aromatic rings. The highest BCUT2D eigenvalue weighted by atomic mass is 35.5. The van der Waals surface area contributed by atoms with Crippen molar-refractivity contribution in [2.24, 2.45) is 0 Å². The maximum atomic E-state index is 10.6. The Morgan fingerprint density at radius 2 is 1.87 bits per heavy atom. The zero-order valence-electron chi connectivity index (χ0n) is 8.13. The molecule has 0 spiro atoms. The molecular weight excluding hydrogens is 235 g/mol. The Hall–Kier alpha value is -0.990. The fourth-order valence-electron chi connectivity index (χ4n) is 1.28. The van der Waals surface area contributed by atoms with Gasteiger partial charge >= 0.3 is 5.97 Å². The molecule has 1 aromatic carbocycles. The van der Waals surface area contributed by atoms with E-state index in [1.54, 1.807) is 18.2 Å². The number of carboxylic acids is 1. The lowest BCUT2D eigenvalue weighted by atomic mass is 10.0. The first-order valence-electron chi connectivity index (χ1n) is 4.43. The molecule has 15 heavy (non-hydrogen) atoms. The summed E-state index contributed by atoms with van der Waals surface area (Å²) in [4.78, 5) is 10.6. The lowest BCUT2D eigenvalue weighted by Crippen LogP contribution is -1.92. The van der Waals surface area contributed by atoms with E-state index in [1.165, 1.54) is 6.08 Å². The third kappa shape index (κ3) is 3.57.